The summed E-state index contributed by atoms with van der Waals surface area (Å²) in [6, 6.07) is -0.574. The highest BCUT2D eigenvalue weighted by Crippen LogP contribution is 2.42. The van der Waals surface area contributed by atoms with Gasteiger partial charge in [-0.2, -0.15) is 0 Å². The average molecular weight is 281 g/mol. The second kappa shape index (κ2) is 5.72. The Bertz CT molecular complexity index is 391. The molecule has 1 N–H and O–H groups in total. The number of hydrogen-bond donors (Lipinski definition) is 1. The van der Waals surface area contributed by atoms with Gasteiger partial charge in [0, 0.05) is 26.2 Å². The molecule has 0 bridgehead atoms. The van der Waals surface area contributed by atoms with Crippen molar-refractivity contribution in [3.8, 4) is 0 Å². The minimum absolute atomic E-state index is 0.0405. The second-order valence-electron chi connectivity index (χ2n) is 6.44. The average Bonchev–Trinajstić information content (AvgIpc) is 2.98. The highest BCUT2D eigenvalue weighted by molar-refractivity contribution is 5.85. The molecule has 3 aliphatic rings. The molecule has 0 aromatic carbocycles. The first-order valence-electron chi connectivity index (χ1n) is 7.77. The molecule has 1 saturated carbocycles. The summed E-state index contributed by atoms with van der Waals surface area (Å²) in [7, 11) is 0. The van der Waals surface area contributed by atoms with Gasteiger partial charge in [0.1, 0.15) is 6.04 Å². The molecule has 0 spiro atoms. The van der Waals surface area contributed by atoms with Crippen LogP contribution >= 0.6 is 0 Å². The summed E-state index contributed by atoms with van der Waals surface area (Å²) in [6.45, 7) is 2.11. The van der Waals surface area contributed by atoms with Gasteiger partial charge in [0.25, 0.3) is 0 Å². The van der Waals surface area contributed by atoms with Crippen LogP contribution in [0.3, 0.4) is 0 Å². The highest BCUT2D eigenvalue weighted by atomic mass is 16.5. The van der Waals surface area contributed by atoms with Crippen LogP contribution in [0.25, 0.3) is 0 Å². The van der Waals surface area contributed by atoms with Crippen molar-refractivity contribution in [1.82, 2.24) is 4.90 Å². The van der Waals surface area contributed by atoms with E-state index < -0.39 is 12.0 Å². The first-order chi connectivity index (χ1) is 9.66. The van der Waals surface area contributed by atoms with Crippen molar-refractivity contribution in [2.24, 2.45) is 17.8 Å². The number of hydrogen-bond acceptors (Lipinski definition) is 3. The van der Waals surface area contributed by atoms with Gasteiger partial charge >= 0.3 is 5.97 Å². The Balaban J connectivity index is 1.65. The molecule has 0 aromatic heterocycles. The monoisotopic (exact) mass is 281 g/mol. The third-order valence-corrected chi connectivity index (χ3v) is 5.27. The first-order valence-corrected chi connectivity index (χ1v) is 7.77. The van der Waals surface area contributed by atoms with Crippen LogP contribution in [0.5, 0.6) is 0 Å². The number of likely N-dealkylation sites (tertiary alicyclic amines) is 1. The van der Waals surface area contributed by atoms with E-state index in [4.69, 9.17) is 4.74 Å². The van der Waals surface area contributed by atoms with Crippen LogP contribution in [0, 0.1) is 17.8 Å². The van der Waals surface area contributed by atoms with E-state index in [1.165, 1.54) is 0 Å². The summed E-state index contributed by atoms with van der Waals surface area (Å²) in [5, 5.41) is 9.47. The van der Waals surface area contributed by atoms with Gasteiger partial charge in [-0.25, -0.2) is 4.79 Å². The van der Waals surface area contributed by atoms with Crippen LogP contribution in [0.4, 0.5) is 0 Å². The summed E-state index contributed by atoms with van der Waals surface area (Å²) in [5.74, 6) is 0.186. The van der Waals surface area contributed by atoms with E-state index in [1.54, 1.807) is 4.90 Å². The topological polar surface area (TPSA) is 66.8 Å². The second-order valence-corrected chi connectivity index (χ2v) is 6.44. The molecule has 2 saturated heterocycles. The Morgan fingerprint density at radius 3 is 2.60 bits per heavy atom. The molecular formula is C15H23NO4. The molecule has 3 unspecified atom stereocenters. The number of nitrogens with zero attached hydrogens (tertiary/aromatic N) is 1. The number of carbonyl (C=O) groups excluding carboxylic acids is 1. The van der Waals surface area contributed by atoms with Gasteiger partial charge in [0.15, 0.2) is 0 Å². The molecule has 2 heterocycles. The lowest BCUT2D eigenvalue weighted by Gasteiger charge is -2.28. The largest absolute Gasteiger partial charge is 0.480 e. The smallest absolute Gasteiger partial charge is 0.326 e. The minimum atomic E-state index is -0.820. The molecule has 3 fully saturated rings. The molecule has 0 radical (unpaired) electrons. The molecule has 2 aliphatic heterocycles. The SMILES string of the molecule is O=C(O)C1C2CCCC2CN1C(=O)CC1CCOCC1. The van der Waals surface area contributed by atoms with Crippen molar-refractivity contribution in [2.75, 3.05) is 19.8 Å². The number of ether oxygens (including phenoxy) is 1. The molecule has 5 nitrogen and oxygen atoms in total. The van der Waals surface area contributed by atoms with E-state index in [-0.39, 0.29) is 11.8 Å². The number of carboxylic acids is 1. The van der Waals surface area contributed by atoms with E-state index in [0.717, 1.165) is 45.3 Å². The van der Waals surface area contributed by atoms with Gasteiger partial charge in [-0.3, -0.25) is 4.79 Å². The lowest BCUT2D eigenvalue weighted by atomic mass is 9.93. The molecule has 1 aliphatic carbocycles. The van der Waals surface area contributed by atoms with Crippen molar-refractivity contribution >= 4 is 11.9 Å². The molecule has 112 valence electrons. The molecule has 3 rings (SSSR count). The summed E-state index contributed by atoms with van der Waals surface area (Å²) < 4.78 is 5.31. The summed E-state index contributed by atoms with van der Waals surface area (Å²) in [6.07, 6.45) is 5.49. The fourth-order valence-corrected chi connectivity index (χ4v) is 4.19. The van der Waals surface area contributed by atoms with Crippen LogP contribution in [-0.2, 0) is 14.3 Å². The Hall–Kier alpha value is -1.10. The number of carbonyl (C=O) groups is 2. The maximum absolute atomic E-state index is 12.5. The van der Waals surface area contributed by atoms with Crippen molar-refractivity contribution in [3.63, 3.8) is 0 Å². The summed E-state index contributed by atoms with van der Waals surface area (Å²) >= 11 is 0. The quantitative estimate of drug-likeness (QED) is 0.851. The van der Waals surface area contributed by atoms with Gasteiger partial charge in [0.05, 0.1) is 0 Å². The Morgan fingerprint density at radius 2 is 1.90 bits per heavy atom. The van der Waals surface area contributed by atoms with Crippen molar-refractivity contribution in [2.45, 2.75) is 44.6 Å². The third kappa shape index (κ3) is 2.55. The third-order valence-electron chi connectivity index (χ3n) is 5.27. The zero-order valence-corrected chi connectivity index (χ0v) is 11.8. The van der Waals surface area contributed by atoms with Crippen molar-refractivity contribution < 1.29 is 19.4 Å². The lowest BCUT2D eigenvalue weighted by Crippen LogP contribution is -2.44. The normalized spacial score (nSPS) is 34.2. The zero-order chi connectivity index (χ0) is 14.1. The Labute approximate surface area is 119 Å². The minimum Gasteiger partial charge on any atom is -0.480 e. The summed E-state index contributed by atoms with van der Waals surface area (Å²) in [5.41, 5.74) is 0. The number of fused-ring (bicyclic) bond motifs is 1. The van der Waals surface area contributed by atoms with Gasteiger partial charge < -0.3 is 14.7 Å². The molecule has 5 heteroatoms. The van der Waals surface area contributed by atoms with Crippen LogP contribution < -0.4 is 0 Å². The maximum Gasteiger partial charge on any atom is 0.326 e. The highest BCUT2D eigenvalue weighted by Gasteiger charge is 2.49. The summed E-state index contributed by atoms with van der Waals surface area (Å²) in [4.78, 5) is 25.7. The predicted molar refractivity (Wildman–Crippen MR) is 72.1 cm³/mol. The Morgan fingerprint density at radius 1 is 1.15 bits per heavy atom. The van der Waals surface area contributed by atoms with Crippen molar-refractivity contribution in [1.29, 1.82) is 0 Å². The number of rotatable bonds is 3. The first kappa shape index (κ1) is 13.9. The van der Waals surface area contributed by atoms with E-state index in [9.17, 15) is 14.7 Å². The molecule has 0 aromatic rings. The lowest BCUT2D eigenvalue weighted by molar-refractivity contribution is -0.150. The zero-order valence-electron chi connectivity index (χ0n) is 11.8. The standard InChI is InChI=1S/C15H23NO4/c17-13(8-10-4-6-20-7-5-10)16-9-11-2-1-3-12(11)14(16)15(18)19/h10-12,14H,1-9H2,(H,18,19). The number of amides is 1. The van der Waals surface area contributed by atoms with E-state index in [1.807, 2.05) is 0 Å². The molecule has 1 amide bonds. The molecule has 3 atom stereocenters. The fraction of sp³-hybridized carbons (Fsp3) is 0.867. The maximum atomic E-state index is 12.5. The van der Waals surface area contributed by atoms with Gasteiger partial charge in [0.2, 0.25) is 5.91 Å². The molecule has 20 heavy (non-hydrogen) atoms. The van der Waals surface area contributed by atoms with Crippen LogP contribution in [0.2, 0.25) is 0 Å². The van der Waals surface area contributed by atoms with Crippen LogP contribution in [0.15, 0.2) is 0 Å². The van der Waals surface area contributed by atoms with Crippen LogP contribution in [0.1, 0.15) is 38.5 Å². The van der Waals surface area contributed by atoms with Crippen molar-refractivity contribution in [3.05, 3.63) is 0 Å². The van der Waals surface area contributed by atoms with Gasteiger partial charge in [-0.1, -0.05) is 6.42 Å². The fourth-order valence-electron chi connectivity index (χ4n) is 4.19. The molecular weight excluding hydrogens is 258 g/mol. The van der Waals surface area contributed by atoms with Gasteiger partial charge in [-0.15, -0.1) is 0 Å². The van der Waals surface area contributed by atoms with Gasteiger partial charge in [-0.05, 0) is 43.4 Å². The van der Waals surface area contributed by atoms with Crippen LogP contribution in [-0.4, -0.2) is 47.7 Å². The Kier molecular flexibility index (Phi) is 3.96. The van der Waals surface area contributed by atoms with E-state index in [0.29, 0.717) is 24.8 Å². The van der Waals surface area contributed by atoms with E-state index >= 15 is 0 Å². The number of aliphatic carboxylic acids is 1. The van der Waals surface area contributed by atoms with E-state index in [2.05, 4.69) is 0 Å². The predicted octanol–water partition coefficient (Wildman–Crippen LogP) is 1.51. The number of carboxylic acid groups (broad SMARTS) is 1.